The number of ether oxygens (including phenoxy) is 1. The Hall–Kier alpha value is -2.43. The van der Waals surface area contributed by atoms with E-state index in [1.807, 2.05) is 0 Å². The van der Waals surface area contributed by atoms with Gasteiger partial charge in [0.15, 0.2) is 5.60 Å². The SMILES string of the molecule is CC1(C)OC(=O)c2cc(=O)n3ccccc3c2C1=O. The predicted molar refractivity (Wildman–Crippen MR) is 67.5 cm³/mol. The number of rotatable bonds is 0. The Morgan fingerprint density at radius 3 is 2.63 bits per heavy atom. The van der Waals surface area contributed by atoms with Gasteiger partial charge in [-0.1, -0.05) is 6.07 Å². The number of nitrogens with zero attached hydrogens (tertiary/aromatic N) is 1. The molecule has 0 spiro atoms. The smallest absolute Gasteiger partial charge is 0.340 e. The van der Waals surface area contributed by atoms with Crippen molar-refractivity contribution >= 4 is 17.3 Å². The maximum atomic E-state index is 12.4. The molecule has 3 heterocycles. The molecule has 0 fully saturated rings. The molecule has 0 atom stereocenters. The van der Waals surface area contributed by atoms with E-state index in [1.165, 1.54) is 4.40 Å². The first-order chi connectivity index (χ1) is 8.92. The van der Waals surface area contributed by atoms with Gasteiger partial charge in [-0.3, -0.25) is 14.0 Å². The van der Waals surface area contributed by atoms with Gasteiger partial charge < -0.3 is 4.74 Å². The number of carbonyl (C=O) groups is 2. The maximum absolute atomic E-state index is 12.4. The van der Waals surface area contributed by atoms with Crippen LogP contribution in [0, 0.1) is 0 Å². The topological polar surface area (TPSA) is 64.8 Å². The third-order valence-electron chi connectivity index (χ3n) is 3.23. The Kier molecular flexibility index (Phi) is 2.17. The fourth-order valence-corrected chi connectivity index (χ4v) is 2.28. The van der Waals surface area contributed by atoms with Gasteiger partial charge in [0.25, 0.3) is 5.56 Å². The van der Waals surface area contributed by atoms with Crippen LogP contribution < -0.4 is 5.56 Å². The molecule has 2 aromatic heterocycles. The number of pyridine rings is 2. The molecular formula is C14H11NO4. The molecule has 0 unspecified atom stereocenters. The van der Waals surface area contributed by atoms with Crippen molar-refractivity contribution in [2.45, 2.75) is 19.4 Å². The Morgan fingerprint density at radius 2 is 1.89 bits per heavy atom. The molecule has 0 N–H and O–H groups in total. The lowest BCUT2D eigenvalue weighted by molar-refractivity contribution is -0.000334. The Labute approximate surface area is 108 Å². The van der Waals surface area contributed by atoms with E-state index in [0.29, 0.717) is 5.52 Å². The number of aromatic nitrogens is 1. The van der Waals surface area contributed by atoms with Gasteiger partial charge in [-0.05, 0) is 26.0 Å². The van der Waals surface area contributed by atoms with Crippen molar-refractivity contribution in [3.8, 4) is 0 Å². The number of carbonyl (C=O) groups excluding carboxylic acids is 2. The number of Topliss-reactive ketones (excluding diaryl/α,β-unsaturated/α-hetero) is 1. The molecule has 1 aliphatic rings. The largest absolute Gasteiger partial charge is 0.448 e. The quantitative estimate of drug-likeness (QED) is 0.670. The zero-order chi connectivity index (χ0) is 13.8. The second kappa shape index (κ2) is 3.54. The van der Waals surface area contributed by atoms with E-state index in [9.17, 15) is 14.4 Å². The van der Waals surface area contributed by atoms with E-state index < -0.39 is 11.6 Å². The van der Waals surface area contributed by atoms with Gasteiger partial charge in [-0.2, -0.15) is 0 Å². The summed E-state index contributed by atoms with van der Waals surface area (Å²) in [4.78, 5) is 36.2. The van der Waals surface area contributed by atoms with Crippen molar-refractivity contribution in [3.05, 3.63) is 51.9 Å². The number of esters is 1. The highest BCUT2D eigenvalue weighted by Crippen LogP contribution is 2.29. The lowest BCUT2D eigenvalue weighted by atomic mass is 9.89. The van der Waals surface area contributed by atoms with Crippen LogP contribution in [0.15, 0.2) is 35.3 Å². The summed E-state index contributed by atoms with van der Waals surface area (Å²) >= 11 is 0. The molecule has 0 saturated heterocycles. The molecule has 0 aliphatic carbocycles. The van der Waals surface area contributed by atoms with Crippen LogP contribution in [0.5, 0.6) is 0 Å². The number of hydrogen-bond donors (Lipinski definition) is 0. The average Bonchev–Trinajstić information content (AvgIpc) is 2.36. The zero-order valence-electron chi connectivity index (χ0n) is 10.5. The van der Waals surface area contributed by atoms with E-state index in [4.69, 9.17) is 4.74 Å². The van der Waals surface area contributed by atoms with E-state index in [1.54, 1.807) is 38.2 Å². The molecule has 1 aliphatic heterocycles. The van der Waals surface area contributed by atoms with Gasteiger partial charge in [0, 0.05) is 12.3 Å². The molecule has 0 amide bonds. The Morgan fingerprint density at radius 1 is 1.16 bits per heavy atom. The summed E-state index contributed by atoms with van der Waals surface area (Å²) in [5, 5.41) is 0. The van der Waals surface area contributed by atoms with Crippen LogP contribution in [0.3, 0.4) is 0 Å². The predicted octanol–water partition coefficient (Wildman–Crippen LogP) is 1.43. The van der Waals surface area contributed by atoms with Gasteiger partial charge in [0.1, 0.15) is 0 Å². The van der Waals surface area contributed by atoms with E-state index in [2.05, 4.69) is 0 Å². The monoisotopic (exact) mass is 257 g/mol. The molecule has 0 bridgehead atoms. The molecule has 0 aromatic carbocycles. The highest BCUT2D eigenvalue weighted by molar-refractivity contribution is 6.17. The third-order valence-corrected chi connectivity index (χ3v) is 3.23. The maximum Gasteiger partial charge on any atom is 0.340 e. The molecule has 0 saturated carbocycles. The summed E-state index contributed by atoms with van der Waals surface area (Å²) in [6.45, 7) is 3.08. The first-order valence-corrected chi connectivity index (χ1v) is 5.84. The lowest BCUT2D eigenvalue weighted by Crippen LogP contribution is -2.43. The lowest BCUT2D eigenvalue weighted by Gasteiger charge is -2.29. The summed E-state index contributed by atoms with van der Waals surface area (Å²) in [5.74, 6) is -0.936. The van der Waals surface area contributed by atoms with Gasteiger partial charge in [-0.25, -0.2) is 4.79 Å². The van der Waals surface area contributed by atoms with E-state index in [-0.39, 0.29) is 22.5 Å². The van der Waals surface area contributed by atoms with Crippen LogP contribution in [0.4, 0.5) is 0 Å². The van der Waals surface area contributed by atoms with Gasteiger partial charge in [0.2, 0.25) is 5.78 Å². The molecule has 5 nitrogen and oxygen atoms in total. The average molecular weight is 257 g/mol. The van der Waals surface area contributed by atoms with Gasteiger partial charge in [-0.15, -0.1) is 0 Å². The molecule has 19 heavy (non-hydrogen) atoms. The van der Waals surface area contributed by atoms with Crippen molar-refractivity contribution in [1.82, 2.24) is 4.40 Å². The first kappa shape index (κ1) is 11.6. The fourth-order valence-electron chi connectivity index (χ4n) is 2.28. The van der Waals surface area contributed by atoms with Crippen molar-refractivity contribution in [2.75, 3.05) is 0 Å². The molecule has 0 radical (unpaired) electrons. The molecule has 3 rings (SSSR count). The van der Waals surface area contributed by atoms with E-state index >= 15 is 0 Å². The minimum Gasteiger partial charge on any atom is -0.448 e. The highest BCUT2D eigenvalue weighted by atomic mass is 16.6. The number of fused-ring (bicyclic) bond motifs is 3. The summed E-state index contributed by atoms with van der Waals surface area (Å²) < 4.78 is 6.43. The number of hydrogen-bond acceptors (Lipinski definition) is 4. The fraction of sp³-hybridized carbons (Fsp3) is 0.214. The third kappa shape index (κ3) is 1.51. The van der Waals surface area contributed by atoms with Crippen LogP contribution in [-0.2, 0) is 4.74 Å². The second-order valence-electron chi connectivity index (χ2n) is 4.96. The minimum atomic E-state index is -1.21. The molecule has 5 heteroatoms. The molecular weight excluding hydrogens is 246 g/mol. The second-order valence-corrected chi connectivity index (χ2v) is 4.96. The first-order valence-electron chi connectivity index (χ1n) is 5.84. The van der Waals surface area contributed by atoms with Crippen LogP contribution in [0.25, 0.3) is 5.52 Å². The Balaban J connectivity index is 2.50. The highest BCUT2D eigenvalue weighted by Gasteiger charge is 2.42. The van der Waals surface area contributed by atoms with Crippen molar-refractivity contribution in [1.29, 1.82) is 0 Å². The molecule has 2 aromatic rings. The zero-order valence-corrected chi connectivity index (χ0v) is 10.5. The summed E-state index contributed by atoms with van der Waals surface area (Å²) in [6.07, 6.45) is 1.57. The van der Waals surface area contributed by atoms with Crippen molar-refractivity contribution < 1.29 is 14.3 Å². The van der Waals surface area contributed by atoms with Crippen molar-refractivity contribution in [3.63, 3.8) is 0 Å². The normalized spacial score (nSPS) is 17.2. The van der Waals surface area contributed by atoms with Gasteiger partial charge >= 0.3 is 5.97 Å². The number of ketones is 1. The van der Waals surface area contributed by atoms with Crippen LogP contribution in [-0.4, -0.2) is 21.8 Å². The van der Waals surface area contributed by atoms with Crippen LogP contribution >= 0.6 is 0 Å². The Bertz CT molecular complexity index is 786. The minimum absolute atomic E-state index is 0.0422. The summed E-state index contributed by atoms with van der Waals surface area (Å²) in [7, 11) is 0. The van der Waals surface area contributed by atoms with Crippen molar-refractivity contribution in [2.24, 2.45) is 0 Å². The summed E-state index contributed by atoms with van der Waals surface area (Å²) in [5.41, 5.74) is -0.849. The van der Waals surface area contributed by atoms with Gasteiger partial charge in [0.05, 0.1) is 16.6 Å². The van der Waals surface area contributed by atoms with Crippen LogP contribution in [0.2, 0.25) is 0 Å². The summed E-state index contributed by atoms with van der Waals surface area (Å²) in [6, 6.07) is 6.21. The molecule has 96 valence electrons. The standard InChI is InChI=1S/C14H11NO4/c1-14(2)12(17)11-8(13(18)19-14)7-10(16)15-6-4-3-5-9(11)15/h3-7H,1-2H3. The van der Waals surface area contributed by atoms with Crippen LogP contribution in [0.1, 0.15) is 34.6 Å². The number of cyclic esters (lactones) is 1. The van der Waals surface area contributed by atoms with E-state index in [0.717, 1.165) is 6.07 Å².